The second-order valence-corrected chi connectivity index (χ2v) is 8.86. The van der Waals surface area contributed by atoms with E-state index in [1.54, 1.807) is 12.1 Å². The summed E-state index contributed by atoms with van der Waals surface area (Å²) in [7, 11) is -3.78. The Bertz CT molecular complexity index is 887. The van der Waals surface area contributed by atoms with Gasteiger partial charge in [0.1, 0.15) is 6.04 Å². The normalized spacial score (nSPS) is 21.2. The van der Waals surface area contributed by atoms with Crippen LogP contribution in [0.5, 0.6) is 0 Å². The number of carbonyl (C=O) groups is 1. The van der Waals surface area contributed by atoms with Crippen molar-refractivity contribution in [1.82, 2.24) is 9.36 Å². The predicted octanol–water partition coefficient (Wildman–Crippen LogP) is 2.35. The molecule has 1 aliphatic rings. The first-order chi connectivity index (χ1) is 11.3. The summed E-state index contributed by atoms with van der Waals surface area (Å²) in [6, 6.07) is 5.09. The van der Waals surface area contributed by atoms with Crippen molar-refractivity contribution in [3.05, 3.63) is 34.6 Å². The molecule has 11 heteroatoms. The molecule has 1 aromatic heterocycles. The van der Waals surface area contributed by atoms with Crippen molar-refractivity contribution in [2.75, 3.05) is 11.4 Å². The molecule has 24 heavy (non-hydrogen) atoms. The molecular formula is C13H11Cl2N3O4S2. The third-order valence-corrected chi connectivity index (χ3v) is 7.42. The average Bonchev–Trinajstić information content (AvgIpc) is 3.13. The topological polar surface area (TPSA) is 100 Å². The molecule has 0 bridgehead atoms. The fourth-order valence-electron chi connectivity index (χ4n) is 2.64. The molecule has 0 aliphatic carbocycles. The summed E-state index contributed by atoms with van der Waals surface area (Å²) in [5.41, 5.74) is 0. The first-order valence-electron chi connectivity index (χ1n) is 6.78. The fraction of sp³-hybridized carbons (Fsp3) is 0.308. The molecule has 0 saturated carbocycles. The van der Waals surface area contributed by atoms with Crippen LogP contribution in [-0.2, 0) is 14.6 Å². The summed E-state index contributed by atoms with van der Waals surface area (Å²) < 4.78 is 29.5. The Morgan fingerprint density at radius 3 is 2.62 bits per heavy atom. The van der Waals surface area contributed by atoms with Crippen molar-refractivity contribution in [2.24, 2.45) is 0 Å². The molecule has 0 spiro atoms. The highest BCUT2D eigenvalue weighted by Crippen LogP contribution is 2.35. The molecule has 0 unspecified atom stereocenters. The number of anilines is 1. The summed E-state index contributed by atoms with van der Waals surface area (Å²) in [5.74, 6) is -1.13. The maximum Gasteiger partial charge on any atom is 0.326 e. The Morgan fingerprint density at radius 1 is 1.33 bits per heavy atom. The van der Waals surface area contributed by atoms with Crippen LogP contribution in [-0.4, -0.2) is 46.7 Å². The lowest BCUT2D eigenvalue weighted by molar-refractivity contribution is -0.138. The van der Waals surface area contributed by atoms with Crippen molar-refractivity contribution < 1.29 is 18.3 Å². The Morgan fingerprint density at radius 2 is 2.04 bits per heavy atom. The lowest BCUT2D eigenvalue weighted by Gasteiger charge is -2.19. The largest absolute Gasteiger partial charge is 0.480 e. The van der Waals surface area contributed by atoms with E-state index in [1.807, 2.05) is 0 Å². The third kappa shape index (κ3) is 3.08. The van der Waals surface area contributed by atoms with Crippen LogP contribution in [0.15, 0.2) is 29.2 Å². The molecule has 1 N–H and O–H groups in total. The maximum atomic E-state index is 12.8. The number of aromatic nitrogens is 2. The zero-order valence-corrected chi connectivity index (χ0v) is 15.1. The van der Waals surface area contributed by atoms with E-state index in [9.17, 15) is 18.3 Å². The maximum absolute atomic E-state index is 12.8. The van der Waals surface area contributed by atoms with Crippen LogP contribution in [0.3, 0.4) is 0 Å². The Kier molecular flexibility index (Phi) is 4.69. The standard InChI is InChI=1S/C13H11Cl2N3O4S2/c14-8-3-1-2-4-10(8)24(21,22)7-5-9(11(19)20)18(6-7)13-16-12(15)17-23-13/h1-4,7,9H,5-6H2,(H,19,20)/t7-,9+/m1/s1. The number of sulfone groups is 1. The number of rotatable bonds is 4. The van der Waals surface area contributed by atoms with Crippen LogP contribution in [0, 0.1) is 0 Å². The fourth-order valence-corrected chi connectivity index (χ4v) is 5.72. The van der Waals surface area contributed by atoms with Crippen molar-refractivity contribution >= 4 is 55.7 Å². The number of aliphatic carboxylic acids is 1. The quantitative estimate of drug-likeness (QED) is 0.829. The van der Waals surface area contributed by atoms with Crippen molar-refractivity contribution in [3.8, 4) is 0 Å². The highest BCUT2D eigenvalue weighted by Gasteiger charge is 2.45. The SMILES string of the molecule is O=C(O)[C@@H]1C[C@@H](S(=O)(=O)c2ccccc2Cl)CN1c1nc(Cl)ns1. The molecule has 1 fully saturated rings. The van der Waals surface area contributed by atoms with E-state index >= 15 is 0 Å². The third-order valence-electron chi connectivity index (χ3n) is 3.77. The Hall–Kier alpha value is -1.42. The Labute approximate surface area is 151 Å². The van der Waals surface area contributed by atoms with Crippen LogP contribution in [0.1, 0.15) is 6.42 Å². The molecule has 1 aromatic carbocycles. The zero-order valence-electron chi connectivity index (χ0n) is 12.0. The molecule has 0 radical (unpaired) electrons. The first kappa shape index (κ1) is 17.4. The molecular weight excluding hydrogens is 397 g/mol. The minimum Gasteiger partial charge on any atom is -0.480 e. The van der Waals surface area contributed by atoms with Gasteiger partial charge < -0.3 is 10.0 Å². The van der Waals surface area contributed by atoms with Gasteiger partial charge >= 0.3 is 5.97 Å². The molecule has 1 aliphatic heterocycles. The van der Waals surface area contributed by atoms with Crippen LogP contribution in [0.2, 0.25) is 10.3 Å². The van der Waals surface area contributed by atoms with Crippen LogP contribution < -0.4 is 4.90 Å². The van der Waals surface area contributed by atoms with Crippen molar-refractivity contribution in [1.29, 1.82) is 0 Å². The van der Waals surface area contributed by atoms with Gasteiger partial charge in [-0.2, -0.15) is 9.36 Å². The molecule has 0 amide bonds. The molecule has 3 rings (SSSR count). The molecule has 1 saturated heterocycles. The van der Waals surface area contributed by atoms with Gasteiger partial charge in [0, 0.05) is 18.1 Å². The summed E-state index contributed by atoms with van der Waals surface area (Å²) in [6.45, 7) is -0.0178. The van der Waals surface area contributed by atoms with Gasteiger partial charge in [0.15, 0.2) is 9.84 Å². The van der Waals surface area contributed by atoms with Gasteiger partial charge in [0.25, 0.3) is 0 Å². The molecule has 128 valence electrons. The number of halogens is 2. The number of benzene rings is 1. The number of nitrogens with zero attached hydrogens (tertiary/aromatic N) is 3. The van der Waals surface area contributed by atoms with E-state index in [0.29, 0.717) is 0 Å². The van der Waals surface area contributed by atoms with Crippen LogP contribution in [0.4, 0.5) is 5.13 Å². The van der Waals surface area contributed by atoms with Gasteiger partial charge in [-0.05, 0) is 30.2 Å². The number of hydrogen-bond acceptors (Lipinski definition) is 7. The smallest absolute Gasteiger partial charge is 0.326 e. The van der Waals surface area contributed by atoms with Crippen LogP contribution in [0.25, 0.3) is 0 Å². The summed E-state index contributed by atoms with van der Waals surface area (Å²) in [4.78, 5) is 16.9. The second-order valence-electron chi connectivity index (χ2n) is 5.19. The van der Waals surface area contributed by atoms with E-state index in [-0.39, 0.29) is 33.3 Å². The Balaban J connectivity index is 1.96. The molecule has 2 aromatic rings. The summed E-state index contributed by atoms with van der Waals surface area (Å²) in [5, 5.41) is 8.90. The van der Waals surface area contributed by atoms with E-state index in [1.165, 1.54) is 17.0 Å². The molecule has 2 atom stereocenters. The first-order valence-corrected chi connectivity index (χ1v) is 9.85. The zero-order chi connectivity index (χ0) is 17.5. The summed E-state index contributed by atoms with van der Waals surface area (Å²) >= 11 is 12.6. The second kappa shape index (κ2) is 6.47. The number of carboxylic acid groups (broad SMARTS) is 1. The van der Waals surface area contributed by atoms with Crippen molar-refractivity contribution in [2.45, 2.75) is 22.6 Å². The lowest BCUT2D eigenvalue weighted by Crippen LogP contribution is -2.36. The number of hydrogen-bond donors (Lipinski definition) is 1. The van der Waals surface area contributed by atoms with E-state index in [2.05, 4.69) is 9.36 Å². The summed E-state index contributed by atoms with van der Waals surface area (Å²) in [6.07, 6.45) is -0.0694. The highest BCUT2D eigenvalue weighted by molar-refractivity contribution is 7.92. The number of carboxylic acids is 1. The van der Waals surface area contributed by atoms with Crippen molar-refractivity contribution in [3.63, 3.8) is 0 Å². The van der Waals surface area contributed by atoms with Gasteiger partial charge in [-0.25, -0.2) is 13.2 Å². The van der Waals surface area contributed by atoms with Gasteiger partial charge in [-0.3, -0.25) is 0 Å². The molecule has 7 nitrogen and oxygen atoms in total. The van der Waals surface area contributed by atoms with E-state index in [0.717, 1.165) is 11.5 Å². The van der Waals surface area contributed by atoms with E-state index < -0.39 is 27.1 Å². The highest BCUT2D eigenvalue weighted by atomic mass is 35.5. The average molecular weight is 408 g/mol. The molecule has 2 heterocycles. The lowest BCUT2D eigenvalue weighted by atomic mass is 10.2. The minimum atomic E-state index is -3.78. The van der Waals surface area contributed by atoms with E-state index in [4.69, 9.17) is 23.2 Å². The predicted molar refractivity (Wildman–Crippen MR) is 90.7 cm³/mol. The van der Waals surface area contributed by atoms with Crippen LogP contribution >= 0.6 is 34.7 Å². The van der Waals surface area contributed by atoms with Gasteiger partial charge in [-0.15, -0.1) is 0 Å². The monoisotopic (exact) mass is 407 g/mol. The minimum absolute atomic E-state index is 0.00190. The van der Waals surface area contributed by atoms with Gasteiger partial charge in [0.2, 0.25) is 10.4 Å². The van der Waals surface area contributed by atoms with Gasteiger partial charge in [0.05, 0.1) is 15.2 Å². The van der Waals surface area contributed by atoms with Gasteiger partial charge in [-0.1, -0.05) is 23.7 Å².